The Morgan fingerprint density at radius 3 is 2.63 bits per heavy atom. The van der Waals surface area contributed by atoms with Gasteiger partial charge in [0.25, 0.3) is 5.91 Å². The Kier molecular flexibility index (Phi) is 7.68. The molecule has 1 aliphatic rings. The first kappa shape index (κ1) is 20.3. The lowest BCUT2D eigenvalue weighted by molar-refractivity contribution is -0.142. The van der Waals surface area contributed by atoms with E-state index in [1.165, 1.54) is 13.2 Å². The number of nitrogens with zero attached hydrogens (tertiary/aromatic N) is 1. The lowest BCUT2D eigenvalue weighted by atomic mass is 10.1. The van der Waals surface area contributed by atoms with Crippen molar-refractivity contribution in [2.75, 3.05) is 20.3 Å². The van der Waals surface area contributed by atoms with Gasteiger partial charge in [-0.3, -0.25) is 4.79 Å². The second kappa shape index (κ2) is 10.2. The standard InChI is InChI=1S/C20H24N2O5/c1-3-26-18-11-14(8-9-17(18)27-13-19(23)25-2)10-15(12-21)20(24)22-16-6-4-5-7-16/h8-11,16H,3-7,13H2,1-2H3,(H,22,24)/b15-10-. The van der Waals surface area contributed by atoms with Crippen LogP contribution in [0.5, 0.6) is 11.5 Å². The molecule has 0 saturated heterocycles. The van der Waals surface area contributed by atoms with Crippen molar-refractivity contribution >= 4 is 18.0 Å². The SMILES string of the molecule is CCOc1cc(/C=C(/C#N)C(=O)NC2CCCC2)ccc1OCC(=O)OC. The van der Waals surface area contributed by atoms with Crippen LogP contribution < -0.4 is 14.8 Å². The van der Waals surface area contributed by atoms with Crippen molar-refractivity contribution in [1.82, 2.24) is 5.32 Å². The van der Waals surface area contributed by atoms with Crippen LogP contribution in [0, 0.1) is 11.3 Å². The summed E-state index contributed by atoms with van der Waals surface area (Å²) in [7, 11) is 1.28. The lowest BCUT2D eigenvalue weighted by Crippen LogP contribution is -2.33. The highest BCUT2D eigenvalue weighted by molar-refractivity contribution is 6.01. The molecule has 0 radical (unpaired) electrons. The number of benzene rings is 1. The van der Waals surface area contributed by atoms with Crippen LogP contribution in [-0.2, 0) is 14.3 Å². The third-order valence-corrected chi connectivity index (χ3v) is 4.21. The fraction of sp³-hybridized carbons (Fsp3) is 0.450. The smallest absolute Gasteiger partial charge is 0.343 e. The molecule has 0 spiro atoms. The minimum atomic E-state index is -0.503. The van der Waals surface area contributed by atoms with Gasteiger partial charge in [0.2, 0.25) is 0 Å². The van der Waals surface area contributed by atoms with Gasteiger partial charge in [0.1, 0.15) is 11.6 Å². The van der Waals surface area contributed by atoms with E-state index in [0.717, 1.165) is 25.7 Å². The zero-order chi connectivity index (χ0) is 19.6. The summed E-state index contributed by atoms with van der Waals surface area (Å²) in [4.78, 5) is 23.6. The van der Waals surface area contributed by atoms with E-state index in [9.17, 15) is 14.9 Å². The quantitative estimate of drug-likeness (QED) is 0.428. The number of carbonyl (C=O) groups excluding carboxylic acids is 2. The first-order valence-electron chi connectivity index (χ1n) is 8.96. The van der Waals surface area contributed by atoms with Crippen LogP contribution in [0.3, 0.4) is 0 Å². The number of esters is 1. The van der Waals surface area contributed by atoms with Crippen molar-refractivity contribution < 1.29 is 23.8 Å². The zero-order valence-electron chi connectivity index (χ0n) is 15.6. The van der Waals surface area contributed by atoms with E-state index in [0.29, 0.717) is 23.7 Å². The number of methoxy groups -OCH3 is 1. The number of carbonyl (C=O) groups is 2. The first-order valence-corrected chi connectivity index (χ1v) is 8.96. The molecule has 7 heteroatoms. The molecule has 1 fully saturated rings. The third-order valence-electron chi connectivity index (χ3n) is 4.21. The maximum Gasteiger partial charge on any atom is 0.343 e. The topological polar surface area (TPSA) is 97.6 Å². The van der Waals surface area contributed by atoms with E-state index < -0.39 is 5.97 Å². The number of rotatable bonds is 8. The number of hydrogen-bond acceptors (Lipinski definition) is 6. The number of hydrogen-bond donors (Lipinski definition) is 1. The van der Waals surface area contributed by atoms with Crippen molar-refractivity contribution in [2.24, 2.45) is 0 Å². The van der Waals surface area contributed by atoms with Crippen LogP contribution in [0.4, 0.5) is 0 Å². The Balaban J connectivity index is 2.16. The highest BCUT2D eigenvalue weighted by Gasteiger charge is 2.19. The second-order valence-corrected chi connectivity index (χ2v) is 6.13. The average molecular weight is 372 g/mol. The van der Waals surface area contributed by atoms with Crippen molar-refractivity contribution in [2.45, 2.75) is 38.6 Å². The van der Waals surface area contributed by atoms with Gasteiger partial charge in [-0.15, -0.1) is 0 Å². The third kappa shape index (κ3) is 6.03. The summed E-state index contributed by atoms with van der Waals surface area (Å²) in [6, 6.07) is 7.08. The fourth-order valence-corrected chi connectivity index (χ4v) is 2.85. The summed E-state index contributed by atoms with van der Waals surface area (Å²) < 4.78 is 15.5. The minimum absolute atomic E-state index is 0.0348. The molecule has 0 unspecified atom stereocenters. The molecule has 2 rings (SSSR count). The van der Waals surface area contributed by atoms with Gasteiger partial charge in [0.15, 0.2) is 18.1 Å². The van der Waals surface area contributed by atoms with Gasteiger partial charge in [-0.25, -0.2) is 4.79 Å². The number of nitrogens with one attached hydrogen (secondary N) is 1. The van der Waals surface area contributed by atoms with Crippen molar-refractivity contribution in [3.8, 4) is 17.6 Å². The molecule has 0 heterocycles. The number of ether oxygens (including phenoxy) is 3. The molecule has 0 aliphatic heterocycles. The normalized spacial score (nSPS) is 14.3. The van der Waals surface area contributed by atoms with Crippen LogP contribution in [0.15, 0.2) is 23.8 Å². The molecule has 1 N–H and O–H groups in total. The van der Waals surface area contributed by atoms with E-state index in [4.69, 9.17) is 9.47 Å². The Bertz CT molecular complexity index is 745. The monoisotopic (exact) mass is 372 g/mol. The highest BCUT2D eigenvalue weighted by Crippen LogP contribution is 2.29. The fourth-order valence-electron chi connectivity index (χ4n) is 2.85. The first-order chi connectivity index (χ1) is 13.1. The van der Waals surface area contributed by atoms with Crippen LogP contribution in [-0.4, -0.2) is 38.2 Å². The van der Waals surface area contributed by atoms with Crippen molar-refractivity contribution in [1.29, 1.82) is 5.26 Å². The summed E-state index contributed by atoms with van der Waals surface area (Å²) in [6.07, 6.45) is 5.61. The summed E-state index contributed by atoms with van der Waals surface area (Å²) in [5.74, 6) is -0.0675. The van der Waals surface area contributed by atoms with Crippen LogP contribution in [0.25, 0.3) is 6.08 Å². The second-order valence-electron chi connectivity index (χ2n) is 6.13. The predicted molar refractivity (Wildman–Crippen MR) is 99.1 cm³/mol. The summed E-state index contributed by atoms with van der Waals surface area (Å²) in [6.45, 7) is 1.98. The van der Waals surface area contributed by atoms with Crippen LogP contribution in [0.1, 0.15) is 38.2 Å². The Morgan fingerprint density at radius 2 is 2.00 bits per heavy atom. The molecule has 0 bridgehead atoms. The molecule has 1 aromatic rings. The largest absolute Gasteiger partial charge is 0.490 e. The predicted octanol–water partition coefficient (Wildman–Crippen LogP) is 2.60. The molecule has 144 valence electrons. The van der Waals surface area contributed by atoms with Gasteiger partial charge < -0.3 is 19.5 Å². The van der Waals surface area contributed by atoms with E-state index in [1.807, 2.05) is 13.0 Å². The van der Waals surface area contributed by atoms with Gasteiger partial charge in [0, 0.05) is 6.04 Å². The van der Waals surface area contributed by atoms with Gasteiger partial charge in [0.05, 0.1) is 13.7 Å². The molecule has 1 amide bonds. The van der Waals surface area contributed by atoms with Crippen LogP contribution >= 0.6 is 0 Å². The Morgan fingerprint density at radius 1 is 1.26 bits per heavy atom. The molecule has 27 heavy (non-hydrogen) atoms. The maximum atomic E-state index is 12.3. The van der Waals surface area contributed by atoms with E-state index >= 15 is 0 Å². The van der Waals surface area contributed by atoms with E-state index in [-0.39, 0.29) is 24.1 Å². The lowest BCUT2D eigenvalue weighted by Gasteiger charge is -2.13. The molecular weight excluding hydrogens is 348 g/mol. The molecular formula is C20H24N2O5. The van der Waals surface area contributed by atoms with Crippen LogP contribution in [0.2, 0.25) is 0 Å². The Labute approximate surface area is 158 Å². The van der Waals surface area contributed by atoms with Gasteiger partial charge in [-0.2, -0.15) is 5.26 Å². The molecule has 1 saturated carbocycles. The summed E-state index contributed by atoms with van der Waals surface area (Å²) in [5, 5.41) is 12.2. The Hall–Kier alpha value is -3.01. The maximum absolute atomic E-state index is 12.3. The molecule has 7 nitrogen and oxygen atoms in total. The van der Waals surface area contributed by atoms with E-state index in [1.54, 1.807) is 18.2 Å². The van der Waals surface area contributed by atoms with Gasteiger partial charge in [-0.05, 0) is 43.5 Å². The van der Waals surface area contributed by atoms with Gasteiger partial charge in [-0.1, -0.05) is 18.9 Å². The average Bonchev–Trinajstić information content (AvgIpc) is 3.18. The molecule has 1 aliphatic carbocycles. The number of amides is 1. The zero-order valence-corrected chi connectivity index (χ0v) is 15.6. The molecule has 0 aromatic heterocycles. The van der Waals surface area contributed by atoms with Gasteiger partial charge >= 0.3 is 5.97 Å². The van der Waals surface area contributed by atoms with Crippen molar-refractivity contribution in [3.63, 3.8) is 0 Å². The molecule has 0 atom stereocenters. The highest BCUT2D eigenvalue weighted by atomic mass is 16.6. The number of nitriles is 1. The minimum Gasteiger partial charge on any atom is -0.490 e. The van der Waals surface area contributed by atoms with E-state index in [2.05, 4.69) is 10.1 Å². The molecule has 1 aromatic carbocycles. The van der Waals surface area contributed by atoms with Crippen molar-refractivity contribution in [3.05, 3.63) is 29.3 Å². The summed E-state index contributed by atoms with van der Waals surface area (Å²) >= 11 is 0. The summed E-state index contributed by atoms with van der Waals surface area (Å²) in [5.41, 5.74) is 0.662.